The molecular weight excluding hydrogens is 418 g/mol. The maximum Gasteiger partial charge on any atom is 0.255 e. The molecule has 172 valence electrons. The number of carbonyl (C=O) groups is 1. The third-order valence-corrected chi connectivity index (χ3v) is 6.57. The van der Waals surface area contributed by atoms with Crippen LogP contribution in [0.5, 0.6) is 0 Å². The third-order valence-electron chi connectivity index (χ3n) is 6.57. The van der Waals surface area contributed by atoms with E-state index in [1.807, 2.05) is 12.1 Å². The minimum atomic E-state index is -2.54. The van der Waals surface area contributed by atoms with Gasteiger partial charge in [0.2, 0.25) is 0 Å². The lowest BCUT2D eigenvalue weighted by Crippen LogP contribution is -2.28. The van der Waals surface area contributed by atoms with Gasteiger partial charge in [0.15, 0.2) is 0 Å². The highest BCUT2D eigenvalue weighted by Gasteiger charge is 2.23. The molecule has 1 amide bonds. The molecule has 4 rings (SSSR count). The Labute approximate surface area is 193 Å². The Balaban J connectivity index is 1.39. The second-order valence-electron chi connectivity index (χ2n) is 8.89. The Bertz CT molecular complexity index is 1110. The fourth-order valence-corrected chi connectivity index (χ4v) is 4.79. The molecule has 1 N–H and O–H groups in total. The molecule has 0 spiro atoms. The molecule has 0 bridgehead atoms. The number of fused-ring (bicyclic) bond motifs is 1. The monoisotopic (exact) mass is 448 g/mol. The van der Waals surface area contributed by atoms with E-state index in [0.29, 0.717) is 17.4 Å². The molecule has 1 aliphatic carbocycles. The molecule has 3 nitrogen and oxygen atoms in total. The van der Waals surface area contributed by atoms with Crippen LogP contribution in [-0.4, -0.2) is 25.1 Å². The zero-order valence-electron chi connectivity index (χ0n) is 18.9. The Kier molecular flexibility index (Phi) is 7.48. The molecule has 2 unspecified atom stereocenters. The van der Waals surface area contributed by atoms with Crippen LogP contribution < -0.4 is 5.32 Å². The first kappa shape index (κ1) is 23.1. The molecule has 0 radical (unpaired) electrons. The smallest absolute Gasteiger partial charge is 0.255 e. The summed E-state index contributed by atoms with van der Waals surface area (Å²) in [6, 6.07) is 22.3. The number of benzene rings is 3. The third kappa shape index (κ3) is 5.84. The first-order valence-electron chi connectivity index (χ1n) is 11.7. The van der Waals surface area contributed by atoms with Gasteiger partial charge in [-0.05, 0) is 72.1 Å². The number of nitrogens with one attached hydrogen (secondary N) is 1. The van der Waals surface area contributed by atoms with Crippen molar-refractivity contribution in [1.82, 2.24) is 5.32 Å². The van der Waals surface area contributed by atoms with E-state index in [1.165, 1.54) is 21.9 Å². The molecule has 3 aromatic carbocycles. The summed E-state index contributed by atoms with van der Waals surface area (Å²) in [4.78, 5) is 16.9. The van der Waals surface area contributed by atoms with Gasteiger partial charge in [0, 0.05) is 11.8 Å². The summed E-state index contributed by atoms with van der Waals surface area (Å²) in [5.74, 6) is 0.384. The second kappa shape index (κ2) is 10.7. The number of carbonyl (C=O) groups excluding carboxylic acids is 1. The zero-order chi connectivity index (χ0) is 23.2. The lowest BCUT2D eigenvalue weighted by Gasteiger charge is -2.27. The van der Waals surface area contributed by atoms with Gasteiger partial charge in [-0.15, -0.1) is 0 Å². The van der Waals surface area contributed by atoms with Gasteiger partial charge in [0.05, 0.1) is 12.6 Å². The zero-order valence-corrected chi connectivity index (χ0v) is 18.9. The van der Waals surface area contributed by atoms with Crippen LogP contribution in [0.1, 0.15) is 66.1 Å². The number of hydrogen-bond donors (Lipinski definition) is 1. The molecule has 33 heavy (non-hydrogen) atoms. The summed E-state index contributed by atoms with van der Waals surface area (Å²) in [6.45, 7) is 1.53. The highest BCUT2D eigenvalue weighted by molar-refractivity contribution is 5.94. The molecule has 0 heterocycles. The summed E-state index contributed by atoms with van der Waals surface area (Å²) < 4.78 is 24.6. The Morgan fingerprint density at radius 3 is 2.61 bits per heavy atom. The standard InChI is InChI=1S/C28H30F2N2O/c1-19(25-11-5-8-22-7-2-3-10-26(22)25)31-17-20-6-4-9-24(16-20)21-12-14-23(15-13-21)28(33)32-18-27(29)30/h2-3,5,7-8,10-15,17,19-20,24,27H,4,6,9,16,18H2,1H3,(H,32,33)/t19-,20?,24?/m1/s1. The molecule has 3 aromatic rings. The average Bonchev–Trinajstić information content (AvgIpc) is 2.85. The van der Waals surface area contributed by atoms with Crippen molar-refractivity contribution in [3.05, 3.63) is 83.4 Å². The van der Waals surface area contributed by atoms with E-state index in [0.717, 1.165) is 25.7 Å². The van der Waals surface area contributed by atoms with Crippen LogP contribution >= 0.6 is 0 Å². The highest BCUT2D eigenvalue weighted by Crippen LogP contribution is 2.36. The van der Waals surface area contributed by atoms with Crippen molar-refractivity contribution >= 4 is 22.9 Å². The molecule has 1 saturated carbocycles. The van der Waals surface area contributed by atoms with E-state index in [2.05, 4.69) is 60.9 Å². The van der Waals surface area contributed by atoms with Crippen molar-refractivity contribution in [2.45, 2.75) is 51.0 Å². The normalized spacial score (nSPS) is 19.8. The van der Waals surface area contributed by atoms with Crippen LogP contribution in [0.3, 0.4) is 0 Å². The summed E-state index contributed by atoms with van der Waals surface area (Å²) in [5.41, 5.74) is 2.86. The maximum absolute atomic E-state index is 12.3. The number of halogens is 2. The van der Waals surface area contributed by atoms with E-state index in [4.69, 9.17) is 4.99 Å². The van der Waals surface area contributed by atoms with Crippen molar-refractivity contribution in [3.8, 4) is 0 Å². The maximum atomic E-state index is 12.3. The highest BCUT2D eigenvalue weighted by atomic mass is 19.3. The quantitative estimate of drug-likeness (QED) is 0.391. The van der Waals surface area contributed by atoms with Gasteiger partial charge < -0.3 is 5.32 Å². The van der Waals surface area contributed by atoms with Crippen LogP contribution in [0.25, 0.3) is 10.8 Å². The van der Waals surface area contributed by atoms with Crippen molar-refractivity contribution in [3.63, 3.8) is 0 Å². The number of alkyl halides is 2. The Morgan fingerprint density at radius 1 is 1.06 bits per heavy atom. The van der Waals surface area contributed by atoms with E-state index >= 15 is 0 Å². The molecule has 0 aliphatic heterocycles. The van der Waals surface area contributed by atoms with Gasteiger partial charge in [-0.2, -0.15) is 0 Å². The molecule has 1 aliphatic rings. The predicted octanol–water partition coefficient (Wildman–Crippen LogP) is 6.94. The van der Waals surface area contributed by atoms with Crippen molar-refractivity contribution < 1.29 is 13.6 Å². The molecule has 0 saturated heterocycles. The van der Waals surface area contributed by atoms with Gasteiger partial charge >= 0.3 is 0 Å². The Morgan fingerprint density at radius 2 is 1.82 bits per heavy atom. The first-order valence-corrected chi connectivity index (χ1v) is 11.7. The largest absolute Gasteiger partial charge is 0.346 e. The van der Waals surface area contributed by atoms with Gasteiger partial charge in [-0.1, -0.05) is 61.0 Å². The topological polar surface area (TPSA) is 41.5 Å². The molecule has 5 heteroatoms. The minimum absolute atomic E-state index is 0.0995. The number of nitrogens with zero attached hydrogens (tertiary/aromatic N) is 1. The SMILES string of the molecule is C[C@@H](N=CC1CCCC(c2ccc(C(=O)NCC(F)F)cc2)C1)c1cccc2ccccc12. The fraction of sp³-hybridized carbons (Fsp3) is 0.357. The summed E-state index contributed by atoms with van der Waals surface area (Å²) >= 11 is 0. The van der Waals surface area contributed by atoms with Crippen LogP contribution in [0.15, 0.2) is 71.7 Å². The van der Waals surface area contributed by atoms with Crippen LogP contribution in [-0.2, 0) is 0 Å². The minimum Gasteiger partial charge on any atom is -0.346 e. The number of aliphatic imine (C=N–C) groups is 1. The van der Waals surface area contributed by atoms with E-state index in [1.54, 1.807) is 12.1 Å². The van der Waals surface area contributed by atoms with E-state index < -0.39 is 18.9 Å². The number of amides is 1. The van der Waals surface area contributed by atoms with Crippen molar-refractivity contribution in [1.29, 1.82) is 0 Å². The van der Waals surface area contributed by atoms with Gasteiger partial charge in [-0.25, -0.2) is 8.78 Å². The average molecular weight is 449 g/mol. The van der Waals surface area contributed by atoms with Gasteiger partial charge in [0.25, 0.3) is 12.3 Å². The Hall–Kier alpha value is -3.08. The van der Waals surface area contributed by atoms with E-state index in [-0.39, 0.29) is 6.04 Å². The lowest BCUT2D eigenvalue weighted by atomic mass is 9.78. The molecule has 0 aromatic heterocycles. The first-order chi connectivity index (χ1) is 16.0. The molecular formula is C28H30F2N2O. The summed E-state index contributed by atoms with van der Waals surface area (Å²) in [7, 11) is 0. The number of rotatable bonds is 7. The lowest BCUT2D eigenvalue weighted by molar-refractivity contribution is 0.0891. The molecule has 1 fully saturated rings. The van der Waals surface area contributed by atoms with Crippen LogP contribution in [0, 0.1) is 5.92 Å². The van der Waals surface area contributed by atoms with Crippen LogP contribution in [0.2, 0.25) is 0 Å². The predicted molar refractivity (Wildman–Crippen MR) is 130 cm³/mol. The molecule has 3 atom stereocenters. The summed E-state index contributed by atoms with van der Waals surface area (Å²) in [6.07, 6.45) is 4.02. The van der Waals surface area contributed by atoms with Crippen LogP contribution in [0.4, 0.5) is 8.78 Å². The second-order valence-corrected chi connectivity index (χ2v) is 8.89. The summed E-state index contributed by atoms with van der Waals surface area (Å²) in [5, 5.41) is 4.74. The number of hydrogen-bond acceptors (Lipinski definition) is 2. The van der Waals surface area contributed by atoms with Crippen molar-refractivity contribution in [2.75, 3.05) is 6.54 Å². The van der Waals surface area contributed by atoms with Gasteiger partial charge in [0.1, 0.15) is 0 Å². The van der Waals surface area contributed by atoms with E-state index in [9.17, 15) is 13.6 Å². The van der Waals surface area contributed by atoms with Crippen molar-refractivity contribution in [2.24, 2.45) is 10.9 Å². The van der Waals surface area contributed by atoms with Gasteiger partial charge in [-0.3, -0.25) is 9.79 Å². The fourth-order valence-electron chi connectivity index (χ4n) is 4.79.